The molecule has 1 aromatic carbocycles. The molecule has 2 rings (SSSR count). The molecule has 8 nitrogen and oxygen atoms in total. The van der Waals surface area contributed by atoms with Crippen molar-refractivity contribution in [2.45, 2.75) is 25.2 Å². The summed E-state index contributed by atoms with van der Waals surface area (Å²) in [6.45, 7) is 5.87. The highest BCUT2D eigenvalue weighted by Gasteiger charge is 2.16. The maximum absolute atomic E-state index is 13.6. The van der Waals surface area contributed by atoms with Gasteiger partial charge in [-0.15, -0.1) is 16.8 Å². The number of alkyl carbamates (subject to hydrolysis) is 1. The molecule has 0 bridgehead atoms. The summed E-state index contributed by atoms with van der Waals surface area (Å²) < 4.78 is 25.4. The number of imide groups is 1. The Bertz CT molecular complexity index is 812. The Balaban J connectivity index is 1.99. The Labute approximate surface area is 159 Å². The molecule has 10 heteroatoms. The second kappa shape index (κ2) is 10.3. The molecule has 1 heterocycles. The Morgan fingerprint density at radius 1 is 1.37 bits per heavy atom. The first kappa shape index (κ1) is 20.4. The number of nitrogens with zero attached hydrogens (tertiary/aromatic N) is 3. The van der Waals surface area contributed by atoms with Gasteiger partial charge in [-0.1, -0.05) is 30.0 Å². The summed E-state index contributed by atoms with van der Waals surface area (Å²) in [5.41, 5.74) is 0. The predicted octanol–water partition coefficient (Wildman–Crippen LogP) is 2.55. The Morgan fingerprint density at radius 3 is 2.85 bits per heavy atom. The molecule has 0 unspecified atom stereocenters. The number of aromatic nitrogens is 3. The van der Waals surface area contributed by atoms with Crippen molar-refractivity contribution in [2.75, 3.05) is 12.4 Å². The molecular weight excluding hydrogens is 375 g/mol. The van der Waals surface area contributed by atoms with Crippen LogP contribution in [0, 0.1) is 5.82 Å². The number of amides is 2. The fraction of sp³-hybridized carbons (Fsp3) is 0.294. The number of allylic oxidation sites excluding steroid dienone is 1. The van der Waals surface area contributed by atoms with E-state index in [-0.39, 0.29) is 24.7 Å². The zero-order valence-corrected chi connectivity index (χ0v) is 15.5. The molecule has 1 aromatic heterocycles. The molecule has 0 saturated carbocycles. The van der Waals surface area contributed by atoms with E-state index < -0.39 is 17.8 Å². The molecular formula is C17H19FN4O4S. The van der Waals surface area contributed by atoms with Gasteiger partial charge in [0.2, 0.25) is 5.91 Å². The zero-order valence-electron chi connectivity index (χ0n) is 14.7. The highest BCUT2D eigenvalue weighted by atomic mass is 32.2. The predicted molar refractivity (Wildman–Crippen MR) is 96.8 cm³/mol. The van der Waals surface area contributed by atoms with Crippen LogP contribution in [0.2, 0.25) is 0 Å². The van der Waals surface area contributed by atoms with E-state index in [1.165, 1.54) is 12.1 Å². The molecule has 2 amide bonds. The first-order valence-electron chi connectivity index (χ1n) is 8.04. The van der Waals surface area contributed by atoms with E-state index in [1.54, 1.807) is 29.7 Å². The third-order valence-electron chi connectivity index (χ3n) is 3.15. The maximum atomic E-state index is 13.6. The lowest BCUT2D eigenvalue weighted by Gasteiger charge is -2.09. The van der Waals surface area contributed by atoms with Gasteiger partial charge in [-0.2, -0.15) is 0 Å². The molecule has 0 aliphatic heterocycles. The molecule has 0 saturated heterocycles. The summed E-state index contributed by atoms with van der Waals surface area (Å²) in [6, 6.07) is 6.04. The standard InChI is InChI=1S/C17H19FN4O4S/c1-3-9-22-14(10-26-13-8-6-5-7-12(13)18)20-21-16(22)27-11-15(23)19-17(24)25-4-2/h3,5-8H,1,4,9-11H2,2H3,(H,19,23,24). The molecule has 0 radical (unpaired) electrons. The number of rotatable bonds is 9. The molecule has 144 valence electrons. The maximum Gasteiger partial charge on any atom is 0.413 e. The average Bonchev–Trinajstić information content (AvgIpc) is 3.02. The quantitative estimate of drug-likeness (QED) is 0.516. The Morgan fingerprint density at radius 2 is 2.15 bits per heavy atom. The van der Waals surface area contributed by atoms with Crippen LogP contribution in [0.15, 0.2) is 42.1 Å². The van der Waals surface area contributed by atoms with Crippen molar-refractivity contribution in [3.05, 3.63) is 48.6 Å². The largest absolute Gasteiger partial charge is 0.483 e. The van der Waals surface area contributed by atoms with Gasteiger partial charge in [-0.05, 0) is 19.1 Å². The minimum atomic E-state index is -0.797. The number of thioether (sulfide) groups is 1. The highest BCUT2D eigenvalue weighted by Crippen LogP contribution is 2.20. The highest BCUT2D eigenvalue weighted by molar-refractivity contribution is 7.99. The summed E-state index contributed by atoms with van der Waals surface area (Å²) in [7, 11) is 0. The van der Waals surface area contributed by atoms with Crippen LogP contribution in [-0.4, -0.2) is 39.1 Å². The van der Waals surface area contributed by atoms with Gasteiger partial charge in [0.15, 0.2) is 22.5 Å². The molecule has 0 fully saturated rings. The first-order valence-corrected chi connectivity index (χ1v) is 9.03. The number of para-hydroxylation sites is 1. The lowest BCUT2D eigenvalue weighted by molar-refractivity contribution is -0.117. The number of hydrogen-bond acceptors (Lipinski definition) is 7. The lowest BCUT2D eigenvalue weighted by Crippen LogP contribution is -2.32. The zero-order chi connectivity index (χ0) is 19.6. The summed E-state index contributed by atoms with van der Waals surface area (Å²) in [4.78, 5) is 23.0. The third-order valence-corrected chi connectivity index (χ3v) is 4.11. The number of carbonyl (C=O) groups is 2. The van der Waals surface area contributed by atoms with Crippen LogP contribution in [0.3, 0.4) is 0 Å². The van der Waals surface area contributed by atoms with E-state index in [1.807, 2.05) is 0 Å². The topological polar surface area (TPSA) is 95.3 Å². The summed E-state index contributed by atoms with van der Waals surface area (Å²) in [5.74, 6) is -0.490. The van der Waals surface area contributed by atoms with Gasteiger partial charge in [0.05, 0.1) is 12.4 Å². The molecule has 1 N–H and O–H groups in total. The molecule has 27 heavy (non-hydrogen) atoms. The van der Waals surface area contributed by atoms with Crippen LogP contribution in [0.25, 0.3) is 0 Å². The Hall–Kier alpha value is -2.88. The van der Waals surface area contributed by atoms with E-state index in [2.05, 4.69) is 26.8 Å². The van der Waals surface area contributed by atoms with Crippen molar-refractivity contribution in [1.29, 1.82) is 0 Å². The van der Waals surface area contributed by atoms with Crippen molar-refractivity contribution in [2.24, 2.45) is 0 Å². The van der Waals surface area contributed by atoms with Crippen molar-refractivity contribution >= 4 is 23.8 Å². The van der Waals surface area contributed by atoms with Gasteiger partial charge in [0.1, 0.15) is 6.61 Å². The van der Waals surface area contributed by atoms with Crippen molar-refractivity contribution in [3.8, 4) is 5.75 Å². The normalized spacial score (nSPS) is 10.3. The number of halogens is 1. The second-order valence-corrected chi connectivity index (χ2v) is 6.02. The fourth-order valence-corrected chi connectivity index (χ4v) is 2.76. The van der Waals surface area contributed by atoms with E-state index in [4.69, 9.17) is 4.74 Å². The van der Waals surface area contributed by atoms with Gasteiger partial charge in [0, 0.05) is 6.54 Å². The SMILES string of the molecule is C=CCn1c(COc2ccccc2F)nnc1SCC(=O)NC(=O)OCC. The van der Waals surface area contributed by atoms with Crippen molar-refractivity contribution in [1.82, 2.24) is 20.1 Å². The minimum absolute atomic E-state index is 0.00262. The van der Waals surface area contributed by atoms with Crippen molar-refractivity contribution in [3.63, 3.8) is 0 Å². The van der Waals surface area contributed by atoms with Crippen LogP contribution in [0.1, 0.15) is 12.7 Å². The summed E-state index contributed by atoms with van der Waals surface area (Å²) >= 11 is 1.09. The second-order valence-electron chi connectivity index (χ2n) is 5.07. The first-order chi connectivity index (χ1) is 13.0. The minimum Gasteiger partial charge on any atom is -0.483 e. The molecule has 2 aromatic rings. The van der Waals surface area contributed by atoms with Gasteiger partial charge >= 0.3 is 6.09 Å². The van der Waals surface area contributed by atoms with Crippen molar-refractivity contribution < 1.29 is 23.5 Å². The monoisotopic (exact) mass is 394 g/mol. The number of benzene rings is 1. The molecule has 0 aliphatic rings. The summed E-state index contributed by atoms with van der Waals surface area (Å²) in [5, 5.41) is 10.6. The van der Waals surface area contributed by atoms with Gasteiger partial charge in [-0.25, -0.2) is 9.18 Å². The smallest absolute Gasteiger partial charge is 0.413 e. The van der Waals surface area contributed by atoms with Crippen LogP contribution >= 0.6 is 11.8 Å². The van der Waals surface area contributed by atoms with Crippen LogP contribution in [-0.2, 0) is 22.7 Å². The number of ether oxygens (including phenoxy) is 2. The van der Waals surface area contributed by atoms with E-state index in [0.29, 0.717) is 17.5 Å². The van der Waals surface area contributed by atoms with E-state index in [9.17, 15) is 14.0 Å². The third kappa shape index (κ3) is 6.10. The fourth-order valence-electron chi connectivity index (χ4n) is 2.00. The van der Waals surface area contributed by atoms with Gasteiger partial charge in [-0.3, -0.25) is 14.7 Å². The molecule has 0 aliphatic carbocycles. The number of nitrogens with one attached hydrogen (secondary N) is 1. The lowest BCUT2D eigenvalue weighted by atomic mass is 10.3. The van der Waals surface area contributed by atoms with E-state index >= 15 is 0 Å². The van der Waals surface area contributed by atoms with Crippen LogP contribution < -0.4 is 10.1 Å². The molecule has 0 spiro atoms. The van der Waals surface area contributed by atoms with Gasteiger partial charge < -0.3 is 9.47 Å². The Kier molecular flexibility index (Phi) is 7.80. The number of hydrogen-bond donors (Lipinski definition) is 1. The average molecular weight is 394 g/mol. The summed E-state index contributed by atoms with van der Waals surface area (Å²) in [6.07, 6.45) is 0.841. The van der Waals surface area contributed by atoms with Crippen LogP contribution in [0.5, 0.6) is 5.75 Å². The van der Waals surface area contributed by atoms with Crippen LogP contribution in [0.4, 0.5) is 9.18 Å². The molecule has 0 atom stereocenters. The van der Waals surface area contributed by atoms with E-state index in [0.717, 1.165) is 11.8 Å². The van der Waals surface area contributed by atoms with Gasteiger partial charge in [0.25, 0.3) is 0 Å². The number of carbonyl (C=O) groups excluding carboxylic acids is 2.